The van der Waals surface area contributed by atoms with Gasteiger partial charge in [0.25, 0.3) is 0 Å². The van der Waals surface area contributed by atoms with E-state index in [1.54, 1.807) is 31.2 Å². The van der Waals surface area contributed by atoms with Crippen molar-refractivity contribution in [3.05, 3.63) is 40.4 Å². The number of esters is 1. The number of carbonyl (C=O) groups excluding carboxylic acids is 2. The second-order valence-corrected chi connectivity index (χ2v) is 3.79. The Kier molecular flexibility index (Phi) is 4.91. The van der Waals surface area contributed by atoms with Gasteiger partial charge in [-0.3, -0.25) is 4.79 Å². The average Bonchev–Trinajstić information content (AvgIpc) is 2.27. The molecule has 0 saturated heterocycles. The molecule has 1 aromatic carbocycles. The molecular weight excluding hydrogens is 240 g/mol. The van der Waals surface area contributed by atoms with Crippen molar-refractivity contribution in [3.8, 4) is 0 Å². The standard InChI is InChI=1S/C13H13ClO3/c1-3-17-13(16)7-6-10-4-5-11(9(2)15)8-12(10)14/h4-8H,3H2,1-2H3. The van der Waals surface area contributed by atoms with E-state index in [-0.39, 0.29) is 5.78 Å². The van der Waals surface area contributed by atoms with E-state index >= 15 is 0 Å². The molecule has 0 fully saturated rings. The minimum atomic E-state index is -0.417. The molecule has 0 aliphatic heterocycles. The summed E-state index contributed by atoms with van der Waals surface area (Å²) in [6, 6.07) is 4.93. The molecule has 0 aromatic heterocycles. The zero-order chi connectivity index (χ0) is 12.8. The van der Waals surface area contributed by atoms with E-state index in [9.17, 15) is 9.59 Å². The molecule has 0 radical (unpaired) electrons. The van der Waals surface area contributed by atoms with Crippen LogP contribution in [0.5, 0.6) is 0 Å². The number of benzene rings is 1. The van der Waals surface area contributed by atoms with E-state index < -0.39 is 5.97 Å². The molecule has 3 nitrogen and oxygen atoms in total. The maximum Gasteiger partial charge on any atom is 0.330 e. The van der Waals surface area contributed by atoms with E-state index in [2.05, 4.69) is 0 Å². The minimum Gasteiger partial charge on any atom is -0.463 e. The summed E-state index contributed by atoms with van der Waals surface area (Å²) in [6.07, 6.45) is 2.86. The lowest BCUT2D eigenvalue weighted by atomic mass is 10.1. The molecular formula is C13H13ClO3. The second kappa shape index (κ2) is 6.21. The van der Waals surface area contributed by atoms with Crippen molar-refractivity contribution in [2.45, 2.75) is 13.8 Å². The van der Waals surface area contributed by atoms with Crippen molar-refractivity contribution in [1.82, 2.24) is 0 Å². The zero-order valence-electron chi connectivity index (χ0n) is 9.70. The zero-order valence-corrected chi connectivity index (χ0v) is 10.5. The van der Waals surface area contributed by atoms with Gasteiger partial charge in [0.15, 0.2) is 5.78 Å². The third kappa shape index (κ3) is 4.04. The van der Waals surface area contributed by atoms with Gasteiger partial charge in [-0.2, -0.15) is 0 Å². The van der Waals surface area contributed by atoms with Gasteiger partial charge in [0.05, 0.1) is 6.61 Å². The fourth-order valence-electron chi connectivity index (χ4n) is 1.23. The molecule has 4 heteroatoms. The van der Waals surface area contributed by atoms with Crippen LogP contribution in [0.1, 0.15) is 29.8 Å². The van der Waals surface area contributed by atoms with Gasteiger partial charge in [0.1, 0.15) is 0 Å². The molecule has 1 rings (SSSR count). The van der Waals surface area contributed by atoms with Crippen LogP contribution in [-0.2, 0) is 9.53 Å². The number of hydrogen-bond acceptors (Lipinski definition) is 3. The molecule has 90 valence electrons. The lowest BCUT2D eigenvalue weighted by molar-refractivity contribution is -0.137. The molecule has 0 heterocycles. The Balaban J connectivity index is 2.86. The van der Waals surface area contributed by atoms with E-state index in [4.69, 9.17) is 16.3 Å². The van der Waals surface area contributed by atoms with E-state index in [0.717, 1.165) is 0 Å². The average molecular weight is 253 g/mol. The topological polar surface area (TPSA) is 43.4 Å². The predicted molar refractivity (Wildman–Crippen MR) is 67.1 cm³/mol. The molecule has 1 aromatic rings. The first-order valence-corrected chi connectivity index (χ1v) is 5.57. The van der Waals surface area contributed by atoms with Gasteiger partial charge in [-0.1, -0.05) is 23.7 Å². The number of Topliss-reactive ketones (excluding diaryl/α,β-unsaturated/α-hetero) is 1. The maximum atomic E-state index is 11.1. The Bertz CT molecular complexity index is 464. The van der Waals surface area contributed by atoms with E-state index in [0.29, 0.717) is 22.8 Å². The summed E-state index contributed by atoms with van der Waals surface area (Å²) < 4.78 is 4.74. The van der Waals surface area contributed by atoms with Gasteiger partial charge in [-0.25, -0.2) is 4.79 Å². The summed E-state index contributed by atoms with van der Waals surface area (Å²) in [4.78, 5) is 22.2. The number of hydrogen-bond donors (Lipinski definition) is 0. The summed E-state index contributed by atoms with van der Waals surface area (Å²) in [7, 11) is 0. The fourth-order valence-corrected chi connectivity index (χ4v) is 1.47. The van der Waals surface area contributed by atoms with Crippen LogP contribution in [0.15, 0.2) is 24.3 Å². The molecule has 0 bridgehead atoms. The number of rotatable bonds is 4. The van der Waals surface area contributed by atoms with Crippen molar-refractivity contribution < 1.29 is 14.3 Å². The lowest BCUT2D eigenvalue weighted by Crippen LogP contribution is -1.98. The summed E-state index contributed by atoms with van der Waals surface area (Å²) in [6.45, 7) is 3.54. The fraction of sp³-hybridized carbons (Fsp3) is 0.231. The van der Waals surface area contributed by atoms with E-state index in [1.807, 2.05) is 0 Å². The van der Waals surface area contributed by atoms with Gasteiger partial charge in [-0.05, 0) is 31.6 Å². The molecule has 0 saturated carbocycles. The quantitative estimate of drug-likeness (QED) is 0.470. The largest absolute Gasteiger partial charge is 0.463 e. The first-order chi connectivity index (χ1) is 8.04. The Labute approximate surface area is 105 Å². The normalized spacial score (nSPS) is 10.5. The van der Waals surface area contributed by atoms with Gasteiger partial charge in [0, 0.05) is 16.7 Å². The van der Waals surface area contributed by atoms with Crippen LogP contribution in [0.4, 0.5) is 0 Å². The molecule has 17 heavy (non-hydrogen) atoms. The number of halogens is 1. The Morgan fingerprint density at radius 3 is 2.65 bits per heavy atom. The van der Waals surface area contributed by atoms with Gasteiger partial charge >= 0.3 is 5.97 Å². The van der Waals surface area contributed by atoms with Crippen molar-refractivity contribution in [3.63, 3.8) is 0 Å². The third-order valence-electron chi connectivity index (χ3n) is 2.09. The van der Waals surface area contributed by atoms with Crippen LogP contribution in [0.3, 0.4) is 0 Å². The maximum absolute atomic E-state index is 11.1. The number of ketones is 1. The van der Waals surface area contributed by atoms with Gasteiger partial charge in [0.2, 0.25) is 0 Å². The Morgan fingerprint density at radius 1 is 1.41 bits per heavy atom. The van der Waals surface area contributed by atoms with Gasteiger partial charge in [-0.15, -0.1) is 0 Å². The predicted octanol–water partition coefficient (Wildman–Crippen LogP) is 3.12. The van der Waals surface area contributed by atoms with Crippen LogP contribution >= 0.6 is 11.6 Å². The summed E-state index contributed by atoms with van der Waals surface area (Å²) in [5, 5.41) is 0.429. The van der Waals surface area contributed by atoms with Crippen molar-refractivity contribution >= 4 is 29.4 Å². The third-order valence-corrected chi connectivity index (χ3v) is 2.42. The van der Waals surface area contributed by atoms with Crippen molar-refractivity contribution in [2.75, 3.05) is 6.61 Å². The van der Waals surface area contributed by atoms with Crippen LogP contribution in [-0.4, -0.2) is 18.4 Å². The molecule has 0 aliphatic carbocycles. The van der Waals surface area contributed by atoms with Crippen LogP contribution in [0.25, 0.3) is 6.08 Å². The highest BCUT2D eigenvalue weighted by Gasteiger charge is 2.03. The SMILES string of the molecule is CCOC(=O)C=Cc1ccc(C(C)=O)cc1Cl. The van der Waals surface area contributed by atoms with Crippen LogP contribution in [0, 0.1) is 0 Å². The first kappa shape index (κ1) is 13.5. The monoisotopic (exact) mass is 252 g/mol. The van der Waals surface area contributed by atoms with Gasteiger partial charge < -0.3 is 4.74 Å². The summed E-state index contributed by atoms with van der Waals surface area (Å²) >= 11 is 5.98. The molecule has 0 aliphatic rings. The molecule has 0 N–H and O–H groups in total. The molecule has 0 atom stereocenters. The number of ether oxygens (including phenoxy) is 1. The molecule has 0 spiro atoms. The van der Waals surface area contributed by atoms with Crippen molar-refractivity contribution in [1.29, 1.82) is 0 Å². The Morgan fingerprint density at radius 2 is 2.12 bits per heavy atom. The number of carbonyl (C=O) groups is 2. The highest BCUT2D eigenvalue weighted by molar-refractivity contribution is 6.32. The molecule has 0 unspecified atom stereocenters. The van der Waals surface area contributed by atoms with Crippen molar-refractivity contribution in [2.24, 2.45) is 0 Å². The first-order valence-electron chi connectivity index (χ1n) is 5.20. The molecule has 0 amide bonds. The smallest absolute Gasteiger partial charge is 0.330 e. The van der Waals surface area contributed by atoms with Crippen LogP contribution in [0.2, 0.25) is 5.02 Å². The summed E-state index contributed by atoms with van der Waals surface area (Å²) in [5.41, 5.74) is 1.22. The minimum absolute atomic E-state index is 0.0483. The second-order valence-electron chi connectivity index (χ2n) is 3.38. The van der Waals surface area contributed by atoms with Crippen LogP contribution < -0.4 is 0 Å². The summed E-state index contributed by atoms with van der Waals surface area (Å²) in [5.74, 6) is -0.466. The Hall–Kier alpha value is -1.61. The highest BCUT2D eigenvalue weighted by atomic mass is 35.5. The lowest BCUT2D eigenvalue weighted by Gasteiger charge is -2.01. The van der Waals surface area contributed by atoms with E-state index in [1.165, 1.54) is 13.0 Å². The highest BCUT2D eigenvalue weighted by Crippen LogP contribution is 2.19.